The molecule has 0 unspecified atom stereocenters. The topological polar surface area (TPSA) is 89.4 Å². The Kier molecular flexibility index (Phi) is 4.93. The lowest BCUT2D eigenvalue weighted by Crippen LogP contribution is -2.44. The van der Waals surface area contributed by atoms with Crippen LogP contribution in [0.3, 0.4) is 0 Å². The molecule has 4 rings (SSSR count). The average Bonchev–Trinajstić information content (AvgIpc) is 3.11. The molecule has 1 fully saturated rings. The number of fused-ring (bicyclic) bond motifs is 1. The lowest BCUT2D eigenvalue weighted by atomic mass is 9.81. The first-order chi connectivity index (χ1) is 13.3. The number of nitrogens with two attached hydrogens (primary N) is 1. The van der Waals surface area contributed by atoms with E-state index in [1.165, 1.54) is 0 Å². The van der Waals surface area contributed by atoms with Crippen molar-refractivity contribution in [2.75, 3.05) is 24.5 Å². The van der Waals surface area contributed by atoms with Gasteiger partial charge in [0.1, 0.15) is 5.15 Å². The number of piperidine rings is 1. The molecule has 0 aromatic carbocycles. The average molecular weight is 421 g/mol. The van der Waals surface area contributed by atoms with Crippen LogP contribution in [0.2, 0.25) is 10.2 Å². The first kappa shape index (κ1) is 19.4. The standard InChI is InChI=1S/C19H22Cl2N6O/c1-19(10-22)4-7-27(8-5-19)18-25-12-9-24-15(13(12)17(28)26(18)2)11-3-6-23-16(21)14(11)20/h3,6H,4-5,7-10,22H2,1-2H3. The number of anilines is 1. The highest BCUT2D eigenvalue weighted by Crippen LogP contribution is 2.32. The number of hydrogen-bond acceptors (Lipinski definition) is 6. The Morgan fingerprint density at radius 3 is 2.68 bits per heavy atom. The second-order valence-corrected chi connectivity index (χ2v) is 8.46. The number of hydrogen-bond donors (Lipinski definition) is 1. The van der Waals surface area contributed by atoms with Crippen molar-refractivity contribution < 1.29 is 0 Å². The molecule has 7 nitrogen and oxygen atoms in total. The highest BCUT2D eigenvalue weighted by atomic mass is 35.5. The van der Waals surface area contributed by atoms with Gasteiger partial charge in [0.15, 0.2) is 0 Å². The number of aliphatic imine (C=N–C) groups is 1. The molecule has 2 aliphatic rings. The maximum absolute atomic E-state index is 13.2. The van der Waals surface area contributed by atoms with Crippen LogP contribution in [0.4, 0.5) is 5.95 Å². The molecule has 0 bridgehead atoms. The minimum absolute atomic E-state index is 0.132. The first-order valence-electron chi connectivity index (χ1n) is 9.25. The SMILES string of the molecule is Cn1c(N2CCC(C)(CN)CC2)nc2c(c1=O)C(c1ccnc(Cl)c1Cl)=NC2. The minimum Gasteiger partial charge on any atom is -0.342 e. The molecule has 9 heteroatoms. The molecule has 148 valence electrons. The molecular weight excluding hydrogens is 399 g/mol. The lowest BCUT2D eigenvalue weighted by molar-refractivity contribution is 0.256. The number of pyridine rings is 1. The van der Waals surface area contributed by atoms with Crippen molar-refractivity contribution >= 4 is 34.9 Å². The maximum atomic E-state index is 13.2. The van der Waals surface area contributed by atoms with E-state index in [0.717, 1.165) is 25.9 Å². The summed E-state index contributed by atoms with van der Waals surface area (Å²) in [5.41, 5.74) is 8.22. The van der Waals surface area contributed by atoms with Gasteiger partial charge in [0, 0.05) is 31.9 Å². The second-order valence-electron chi connectivity index (χ2n) is 7.73. The summed E-state index contributed by atoms with van der Waals surface area (Å²) in [5, 5.41) is 0.479. The van der Waals surface area contributed by atoms with Crippen LogP contribution in [0.5, 0.6) is 0 Å². The zero-order chi connectivity index (χ0) is 20.1. The predicted molar refractivity (Wildman–Crippen MR) is 112 cm³/mol. The van der Waals surface area contributed by atoms with Gasteiger partial charge in [-0.25, -0.2) is 9.97 Å². The third kappa shape index (κ3) is 3.11. The lowest BCUT2D eigenvalue weighted by Gasteiger charge is -2.39. The zero-order valence-electron chi connectivity index (χ0n) is 15.9. The Hall–Kier alpha value is -1.96. The molecular formula is C19H22Cl2N6O. The Labute approximate surface area is 173 Å². The summed E-state index contributed by atoms with van der Waals surface area (Å²) in [6.07, 6.45) is 3.51. The third-order valence-corrected chi connectivity index (χ3v) is 6.58. The van der Waals surface area contributed by atoms with Crippen LogP contribution in [0.1, 0.15) is 36.6 Å². The quantitative estimate of drug-likeness (QED) is 0.769. The Bertz CT molecular complexity index is 1020. The Morgan fingerprint density at radius 2 is 2.00 bits per heavy atom. The van der Waals surface area contributed by atoms with E-state index >= 15 is 0 Å². The predicted octanol–water partition coefficient (Wildman–Crippen LogP) is 2.40. The molecule has 4 heterocycles. The van der Waals surface area contributed by atoms with Crippen molar-refractivity contribution in [1.82, 2.24) is 14.5 Å². The van der Waals surface area contributed by atoms with E-state index in [4.69, 9.17) is 33.9 Å². The summed E-state index contributed by atoms with van der Waals surface area (Å²) >= 11 is 12.3. The van der Waals surface area contributed by atoms with Gasteiger partial charge < -0.3 is 10.6 Å². The molecule has 2 aromatic heterocycles. The van der Waals surface area contributed by atoms with Gasteiger partial charge in [0.05, 0.1) is 28.5 Å². The number of halogens is 2. The van der Waals surface area contributed by atoms with Gasteiger partial charge in [-0.3, -0.25) is 14.4 Å². The fraction of sp³-hybridized carbons (Fsp3) is 0.474. The van der Waals surface area contributed by atoms with Gasteiger partial charge >= 0.3 is 0 Å². The summed E-state index contributed by atoms with van der Waals surface area (Å²) in [4.78, 5) is 28.6. The number of nitrogens with zero attached hydrogens (tertiary/aromatic N) is 5. The minimum atomic E-state index is -0.132. The van der Waals surface area contributed by atoms with E-state index in [-0.39, 0.29) is 16.1 Å². The van der Waals surface area contributed by atoms with Gasteiger partial charge in [-0.1, -0.05) is 30.1 Å². The van der Waals surface area contributed by atoms with Gasteiger partial charge in [0.25, 0.3) is 5.56 Å². The van der Waals surface area contributed by atoms with Crippen LogP contribution in [0.15, 0.2) is 22.1 Å². The molecule has 0 saturated carbocycles. The van der Waals surface area contributed by atoms with Crippen molar-refractivity contribution in [3.63, 3.8) is 0 Å². The van der Waals surface area contributed by atoms with Gasteiger partial charge in [-0.15, -0.1) is 0 Å². The summed E-state index contributed by atoms with van der Waals surface area (Å²) in [6, 6.07) is 1.72. The van der Waals surface area contributed by atoms with Crippen molar-refractivity contribution in [1.29, 1.82) is 0 Å². The van der Waals surface area contributed by atoms with Crippen LogP contribution in [-0.2, 0) is 13.6 Å². The highest BCUT2D eigenvalue weighted by Gasteiger charge is 2.32. The molecule has 0 atom stereocenters. The van der Waals surface area contributed by atoms with Crippen LogP contribution < -0.4 is 16.2 Å². The van der Waals surface area contributed by atoms with E-state index in [1.54, 1.807) is 23.9 Å². The van der Waals surface area contributed by atoms with Gasteiger partial charge in [-0.2, -0.15) is 0 Å². The molecule has 0 amide bonds. The monoisotopic (exact) mass is 420 g/mol. The van der Waals surface area contributed by atoms with Crippen LogP contribution in [0, 0.1) is 5.41 Å². The first-order valence-corrected chi connectivity index (χ1v) is 10.0. The summed E-state index contributed by atoms with van der Waals surface area (Å²) in [6.45, 7) is 4.88. The largest absolute Gasteiger partial charge is 0.342 e. The van der Waals surface area contributed by atoms with Crippen LogP contribution in [0.25, 0.3) is 0 Å². The molecule has 2 aliphatic heterocycles. The smallest absolute Gasteiger partial charge is 0.264 e. The highest BCUT2D eigenvalue weighted by molar-refractivity contribution is 6.44. The molecule has 1 saturated heterocycles. The van der Waals surface area contributed by atoms with Crippen LogP contribution >= 0.6 is 23.2 Å². The van der Waals surface area contributed by atoms with Crippen molar-refractivity contribution in [2.45, 2.75) is 26.3 Å². The number of rotatable bonds is 3. The fourth-order valence-electron chi connectivity index (χ4n) is 3.77. The van der Waals surface area contributed by atoms with Crippen molar-refractivity contribution in [3.05, 3.63) is 49.6 Å². The maximum Gasteiger partial charge on any atom is 0.264 e. The fourth-order valence-corrected chi connectivity index (χ4v) is 4.13. The Morgan fingerprint density at radius 1 is 1.29 bits per heavy atom. The van der Waals surface area contributed by atoms with Gasteiger partial charge in [0.2, 0.25) is 5.95 Å². The molecule has 28 heavy (non-hydrogen) atoms. The molecule has 0 aliphatic carbocycles. The summed E-state index contributed by atoms with van der Waals surface area (Å²) in [7, 11) is 1.75. The Balaban J connectivity index is 1.71. The van der Waals surface area contributed by atoms with E-state index in [9.17, 15) is 4.79 Å². The van der Waals surface area contributed by atoms with E-state index in [1.807, 2.05) is 0 Å². The van der Waals surface area contributed by atoms with Gasteiger partial charge in [-0.05, 0) is 30.9 Å². The molecule has 0 radical (unpaired) electrons. The third-order valence-electron chi connectivity index (χ3n) is 5.81. The van der Waals surface area contributed by atoms with Crippen molar-refractivity contribution in [3.8, 4) is 0 Å². The second kappa shape index (κ2) is 7.13. The molecule has 0 spiro atoms. The molecule has 2 aromatic rings. The van der Waals surface area contributed by atoms with E-state index in [2.05, 4.69) is 21.8 Å². The van der Waals surface area contributed by atoms with Crippen LogP contribution in [-0.4, -0.2) is 39.9 Å². The zero-order valence-corrected chi connectivity index (χ0v) is 17.4. The van der Waals surface area contributed by atoms with E-state index in [0.29, 0.717) is 46.6 Å². The molecule has 2 N–H and O–H groups in total. The normalized spacial score (nSPS) is 18.2. The summed E-state index contributed by atoms with van der Waals surface area (Å²) < 4.78 is 1.60. The van der Waals surface area contributed by atoms with Crippen molar-refractivity contribution in [2.24, 2.45) is 23.2 Å². The summed E-state index contributed by atoms with van der Waals surface area (Å²) in [5.74, 6) is 0.679. The van der Waals surface area contributed by atoms with E-state index < -0.39 is 0 Å². The number of aromatic nitrogens is 3.